The first-order chi connectivity index (χ1) is 71.4. The second-order valence-corrected chi connectivity index (χ2v) is 34.3. The lowest BCUT2D eigenvalue weighted by Gasteiger charge is -2.12. The van der Waals surface area contributed by atoms with Crippen LogP contribution < -0.4 is 11.3 Å². The maximum absolute atomic E-state index is 14.8. The van der Waals surface area contributed by atoms with Gasteiger partial charge in [0.25, 0.3) is 0 Å². The van der Waals surface area contributed by atoms with Crippen molar-refractivity contribution in [2.45, 2.75) is 97.8 Å². The molecule has 21 rings (SSSR count). The number of oxime groups is 2. The van der Waals surface area contributed by atoms with E-state index in [9.17, 15) is 40.7 Å². The topological polar surface area (TPSA) is 458 Å². The molecule has 148 heavy (non-hydrogen) atoms. The zero-order valence-corrected chi connectivity index (χ0v) is 82.6. The number of rotatable bonds is 21. The molecule has 15 heterocycles. The van der Waals surface area contributed by atoms with Crippen LogP contribution in [-0.4, -0.2) is 192 Å². The van der Waals surface area contributed by atoms with Crippen molar-refractivity contribution in [1.29, 1.82) is 0 Å². The van der Waals surface area contributed by atoms with Gasteiger partial charge in [-0.2, -0.15) is 38.5 Å². The molecule has 36 nitrogen and oxygen atoms in total. The van der Waals surface area contributed by atoms with Crippen LogP contribution in [0.5, 0.6) is 0 Å². The first kappa shape index (κ1) is 105. The molecule has 0 saturated heterocycles. The summed E-state index contributed by atoms with van der Waals surface area (Å²) in [6.07, 6.45) is 9.74. The maximum atomic E-state index is 14.8. The molecule has 0 aliphatic heterocycles. The number of carbonyl (C=O) groups excluding carboxylic acids is 3. The van der Waals surface area contributed by atoms with Crippen LogP contribution in [-0.2, 0) is 24.0 Å². The van der Waals surface area contributed by atoms with Gasteiger partial charge in [0.1, 0.15) is 81.8 Å². The van der Waals surface area contributed by atoms with Crippen molar-refractivity contribution in [2.24, 2.45) is 16.2 Å². The molecular weight excluding hydrogens is 1980 g/mol. The van der Waals surface area contributed by atoms with E-state index in [2.05, 4.69) is 116 Å². The molecule has 5 N–H and O–H groups in total. The minimum Gasteiger partial charge on any atom is -0.469 e. The number of aliphatic hydroxyl groups excluding tert-OH is 2. The zero-order valence-electron chi connectivity index (χ0n) is 80.3. The second-order valence-electron chi connectivity index (χ2n) is 33.1. The molecule has 0 bridgehead atoms. The van der Waals surface area contributed by atoms with Crippen LogP contribution >= 0.6 is 34.8 Å². The van der Waals surface area contributed by atoms with Crippen molar-refractivity contribution in [3.8, 4) is 0 Å². The van der Waals surface area contributed by atoms with Gasteiger partial charge < -0.3 is 24.6 Å². The first-order valence-electron chi connectivity index (χ1n) is 45.5. The number of amides is 1. The number of aromatic nitrogens is 24. The summed E-state index contributed by atoms with van der Waals surface area (Å²) in [5.74, 6) is 0.976. The third kappa shape index (κ3) is 24.6. The lowest BCUT2D eigenvalue weighted by atomic mass is 9.98. The van der Waals surface area contributed by atoms with Crippen LogP contribution in [0.4, 0.5) is 26.3 Å². The number of hydrogen-bond acceptors (Lipinski definition) is 31. The highest BCUT2D eigenvalue weighted by molar-refractivity contribution is 6.31. The smallest absolute Gasteiger partial charge is 0.312 e. The minimum absolute atomic E-state index is 0.102. The third-order valence-electron chi connectivity index (χ3n) is 23.4. The summed E-state index contributed by atoms with van der Waals surface area (Å²) >= 11 is 16.7. The summed E-state index contributed by atoms with van der Waals surface area (Å²) in [6, 6.07) is 57.6. The molecular formula is C103H89Cl3F6N28O8. The van der Waals surface area contributed by atoms with Gasteiger partial charge in [-0.05, 0) is 183 Å². The van der Waals surface area contributed by atoms with Gasteiger partial charge in [0.2, 0.25) is 5.91 Å². The normalized spacial score (nSPS) is 12.6. The van der Waals surface area contributed by atoms with Gasteiger partial charge in [-0.25, -0.2) is 32.2 Å². The fraction of sp³-hybridized carbons (Fsp3) is 0.194. The summed E-state index contributed by atoms with van der Waals surface area (Å²) < 4.78 is 97.1. The summed E-state index contributed by atoms with van der Waals surface area (Å²) in [6.45, 7) is 15.5. The average Bonchev–Trinajstić information content (AvgIpc) is 1.61. The Morgan fingerprint density at radius 2 is 0.615 bits per heavy atom. The summed E-state index contributed by atoms with van der Waals surface area (Å²) in [5, 5.41) is 89.1. The van der Waals surface area contributed by atoms with E-state index in [-0.39, 0.29) is 73.2 Å². The van der Waals surface area contributed by atoms with Crippen LogP contribution in [0.1, 0.15) is 176 Å². The van der Waals surface area contributed by atoms with Gasteiger partial charge in [-0.1, -0.05) is 109 Å². The predicted octanol–water partition coefficient (Wildman–Crippen LogP) is 18.1. The summed E-state index contributed by atoms with van der Waals surface area (Å²) in [4.78, 5) is 69.2. The lowest BCUT2D eigenvalue weighted by Crippen LogP contribution is -2.34. The number of ether oxygens (including phenoxy) is 1. The van der Waals surface area contributed by atoms with Crippen LogP contribution in [0.3, 0.4) is 0 Å². The Morgan fingerprint density at radius 3 is 0.899 bits per heavy atom. The number of aliphatic hydroxyl groups is 2. The number of Topliss-reactive ketones (excluding diaryl/α,β-unsaturated/α-hetero) is 1. The van der Waals surface area contributed by atoms with Gasteiger partial charge in [0, 0.05) is 148 Å². The minimum atomic E-state index is -0.635. The van der Waals surface area contributed by atoms with E-state index < -0.39 is 41.3 Å². The van der Waals surface area contributed by atoms with Gasteiger partial charge in [-0.3, -0.25) is 49.7 Å². The molecule has 4 unspecified atom stereocenters. The number of esters is 1. The van der Waals surface area contributed by atoms with Crippen LogP contribution in [0.25, 0.3) is 88.0 Å². The molecule has 1 amide bonds. The maximum Gasteiger partial charge on any atom is 0.312 e. The van der Waals surface area contributed by atoms with Gasteiger partial charge in [0.15, 0.2) is 62.0 Å². The van der Waals surface area contributed by atoms with E-state index in [4.69, 9.17) is 60.5 Å². The largest absolute Gasteiger partial charge is 0.469 e. The van der Waals surface area contributed by atoms with Crippen molar-refractivity contribution in [3.05, 3.63) is 368 Å². The molecule has 15 aromatic heterocycles. The van der Waals surface area contributed by atoms with Crippen molar-refractivity contribution in [2.75, 3.05) is 33.5 Å². The molecule has 0 saturated carbocycles. The van der Waals surface area contributed by atoms with E-state index in [0.717, 1.165) is 32.3 Å². The predicted molar refractivity (Wildman–Crippen MR) is 542 cm³/mol. The van der Waals surface area contributed by atoms with Crippen LogP contribution in [0.15, 0.2) is 254 Å². The van der Waals surface area contributed by atoms with Crippen LogP contribution in [0.2, 0.25) is 15.5 Å². The zero-order chi connectivity index (χ0) is 105. The fourth-order valence-electron chi connectivity index (χ4n) is 15.4. The van der Waals surface area contributed by atoms with E-state index in [1.165, 1.54) is 54.9 Å². The summed E-state index contributed by atoms with van der Waals surface area (Å²) in [7, 11) is 1.29. The van der Waals surface area contributed by atoms with E-state index >= 15 is 0 Å². The highest BCUT2D eigenvalue weighted by Crippen LogP contribution is 2.36. The Bertz CT molecular complexity index is 8200. The van der Waals surface area contributed by atoms with E-state index in [0.29, 0.717) is 156 Å². The number of hydrazine groups is 1. The Hall–Kier alpha value is -17.1. The molecule has 0 aliphatic carbocycles. The Morgan fingerprint density at radius 1 is 0.351 bits per heavy atom. The quantitative estimate of drug-likeness (QED) is 0.00758. The lowest BCUT2D eigenvalue weighted by molar-refractivity contribution is -0.142. The van der Waals surface area contributed by atoms with Crippen molar-refractivity contribution in [1.82, 2.24) is 125 Å². The van der Waals surface area contributed by atoms with E-state index in [1.54, 1.807) is 188 Å². The molecule has 752 valence electrons. The number of ketones is 1. The van der Waals surface area contributed by atoms with E-state index in [1.807, 2.05) is 93.8 Å². The molecule has 6 aromatic carbocycles. The molecule has 0 fully saturated rings. The molecule has 0 aliphatic rings. The number of nitrogens with two attached hydrogens (primary N) is 1. The number of methoxy groups -OCH3 is 1. The number of hydrogen-bond donors (Lipinski definition) is 4. The van der Waals surface area contributed by atoms with Gasteiger partial charge in [-0.15, -0.1) is 51.0 Å². The fourth-order valence-corrected chi connectivity index (χ4v) is 15.7. The number of benzene rings is 6. The molecule has 6 atom stereocenters. The highest BCUT2D eigenvalue weighted by Gasteiger charge is 2.29. The Labute approximate surface area is 852 Å². The number of pyridine rings is 6. The Balaban J connectivity index is 0.000000132. The highest BCUT2D eigenvalue weighted by atomic mass is 35.5. The third-order valence-corrected chi connectivity index (χ3v) is 24.0. The molecule has 0 spiro atoms. The van der Waals surface area contributed by atoms with Crippen LogP contribution in [0, 0.1) is 34.9 Å². The summed E-state index contributed by atoms with van der Waals surface area (Å²) in [5.41, 5.74) is 12.9. The molecule has 21 aromatic rings. The standard InChI is InChI=1S/2C20H19FN6O2.C18H14FN5O.C16H11ClFN5.C13H12FNO2.C12H12FN3O.C4H2Cl2N2/c2*1-12(15-10-14-4-3-7-22-18(14)11-16(15)21)20-24-23-19-6-5-17(25-27(19)20)13(2)26-29-9-8-28;1-10(13-8-12-4-3-7-20-16(12)9-14(13)19)18-22-21-17-6-5-15(11(2)25)23-24(17)18;1-9(16-21-20-15-5-4-14(17)22-23(15)16)11-7-10-3-2-6-19-13(10)8-12(11)18;1-8(13(16)17-2)10-6-9-4-3-5-15-12(9)7-11(10)14;1-7(12(17)16-14)9-5-8-3-2-4-15-11(8)6-10(9)13;5-3-1-2-4(6)8-7-3/h2*3-7,10-12,28H,8-9H2,1-2H3;3-10H,1-2H3;2-9H,1H3;3-8H,1-2H3;2-7H,14H2,1H3,(H,16,17);1-2H/b2*26-13+;;;;;/t2*12-;;;;;/m10...../s1. The number of nitrogens with one attached hydrogen (secondary N) is 1. The van der Waals surface area contributed by atoms with Gasteiger partial charge >= 0.3 is 5.97 Å². The first-order valence-corrected chi connectivity index (χ1v) is 46.6. The van der Waals surface area contributed by atoms with Crippen molar-refractivity contribution < 1.29 is 65.4 Å². The SMILES string of the molecule is C/C(=N\OCCO)c1ccc2nnc([C@@H](C)c3cc4cccnc4cc3F)n2n1.C/C(=N\OCCO)c1ccc2nnc([C@H](C)c3cc4cccnc4cc3F)n2n1.CC(=O)c1ccc2nnc(C(C)c3cc4cccnc4cc3F)n2n1.CC(C(=O)NN)c1cc2cccnc2cc1F.CC(c1cc2cccnc2cc1F)c1nnc2ccc(Cl)nn12.COC(=O)C(C)c1cc2cccnc2cc1F.Clc1ccc(Cl)nn1. The number of halogens is 9. The van der Waals surface area contributed by atoms with Crippen molar-refractivity contribution in [3.63, 3.8) is 0 Å². The number of carbonyl (C=O) groups is 3. The molecule has 45 heteroatoms. The average molecular weight is 2070 g/mol. The number of nitrogens with zero attached hydrogens (tertiary/aromatic N) is 26. The van der Waals surface area contributed by atoms with Gasteiger partial charge in [0.05, 0.1) is 65.3 Å². The molecule has 0 radical (unpaired) electrons. The second kappa shape index (κ2) is 48.1. The Kier molecular flexibility index (Phi) is 34.2. The number of fused-ring (bicyclic) bond motifs is 10. The van der Waals surface area contributed by atoms with Crippen molar-refractivity contribution >= 4 is 152 Å². The monoisotopic (exact) mass is 2060 g/mol.